The number of hydrogen-bond donors (Lipinski definition) is 0. The molecule has 6 nitrogen and oxygen atoms in total. The van der Waals surface area contributed by atoms with Gasteiger partial charge in [0.05, 0.1) is 4.92 Å². The van der Waals surface area contributed by atoms with Crippen molar-refractivity contribution in [1.29, 1.82) is 0 Å². The lowest BCUT2D eigenvalue weighted by molar-refractivity contribution is -0.386. The topological polar surface area (TPSA) is 82.6 Å². The molecule has 0 aliphatic heterocycles. The van der Waals surface area contributed by atoms with Gasteiger partial charge in [-0.15, -0.1) is 0 Å². The summed E-state index contributed by atoms with van der Waals surface area (Å²) in [6.45, 7) is 1.84. The minimum absolute atomic E-state index is 0.0219. The molecule has 3 rings (SSSR count). The van der Waals surface area contributed by atoms with Crippen molar-refractivity contribution in [3.63, 3.8) is 0 Å². The molecule has 1 aromatic heterocycles. The Morgan fingerprint density at radius 3 is 2.75 bits per heavy atom. The van der Waals surface area contributed by atoms with Gasteiger partial charge in [-0.3, -0.25) is 10.1 Å². The Hall–Kier alpha value is -2.67. The number of fused-ring (bicyclic) bond motifs is 1. The first kappa shape index (κ1) is 16.2. The number of nitrogens with zero attached hydrogens (tertiary/aromatic N) is 1. The van der Waals surface area contributed by atoms with Gasteiger partial charge in [-0.25, -0.2) is 4.79 Å². The molecule has 1 heterocycles. The zero-order valence-corrected chi connectivity index (χ0v) is 14.2. The van der Waals surface area contributed by atoms with Crippen molar-refractivity contribution in [3.8, 4) is 5.75 Å². The number of halogens is 1. The van der Waals surface area contributed by atoms with Crippen LogP contribution in [0.1, 0.15) is 11.1 Å². The predicted molar refractivity (Wildman–Crippen MR) is 92.3 cm³/mol. The van der Waals surface area contributed by atoms with E-state index in [0.717, 1.165) is 10.0 Å². The maximum atomic E-state index is 11.7. The number of nitro groups is 1. The first-order valence-corrected chi connectivity index (χ1v) is 7.83. The zero-order valence-electron chi connectivity index (χ0n) is 12.6. The lowest BCUT2D eigenvalue weighted by atomic mass is 10.1. The van der Waals surface area contributed by atoms with E-state index in [0.29, 0.717) is 16.5 Å². The predicted octanol–water partition coefficient (Wildman–Crippen LogP) is 4.35. The molecule has 122 valence electrons. The molecular weight excluding hydrogens is 378 g/mol. The highest BCUT2D eigenvalue weighted by Crippen LogP contribution is 2.29. The van der Waals surface area contributed by atoms with Crippen LogP contribution in [0.25, 0.3) is 11.0 Å². The van der Waals surface area contributed by atoms with Crippen molar-refractivity contribution in [2.45, 2.75) is 13.5 Å². The summed E-state index contributed by atoms with van der Waals surface area (Å²) in [7, 11) is 0. The Bertz CT molecular complexity index is 996. The number of ether oxygens (including phenoxy) is 1. The summed E-state index contributed by atoms with van der Waals surface area (Å²) in [6, 6.07) is 11.3. The Morgan fingerprint density at radius 1 is 1.21 bits per heavy atom. The van der Waals surface area contributed by atoms with E-state index < -0.39 is 10.5 Å². The minimum Gasteiger partial charge on any atom is -0.482 e. The fourth-order valence-electron chi connectivity index (χ4n) is 2.37. The van der Waals surface area contributed by atoms with Gasteiger partial charge in [-0.2, -0.15) is 0 Å². The molecule has 24 heavy (non-hydrogen) atoms. The Balaban J connectivity index is 1.99. The highest BCUT2D eigenvalue weighted by atomic mass is 79.9. The van der Waals surface area contributed by atoms with Crippen molar-refractivity contribution in [2.75, 3.05) is 0 Å². The lowest BCUT2D eigenvalue weighted by Crippen LogP contribution is -2.05. The van der Waals surface area contributed by atoms with Gasteiger partial charge >= 0.3 is 11.3 Å². The van der Waals surface area contributed by atoms with E-state index in [9.17, 15) is 14.9 Å². The third-order valence-electron chi connectivity index (χ3n) is 3.49. The van der Waals surface area contributed by atoms with Crippen LogP contribution in [0.5, 0.6) is 5.75 Å². The van der Waals surface area contributed by atoms with Gasteiger partial charge in [0, 0.05) is 27.6 Å². The Labute approximate surface area is 145 Å². The second-order valence-corrected chi connectivity index (χ2v) is 6.16. The van der Waals surface area contributed by atoms with Gasteiger partial charge < -0.3 is 9.15 Å². The van der Waals surface area contributed by atoms with E-state index in [4.69, 9.17) is 9.15 Å². The first-order valence-electron chi connectivity index (χ1n) is 7.04. The molecule has 0 saturated carbocycles. The fourth-order valence-corrected chi connectivity index (χ4v) is 2.71. The van der Waals surface area contributed by atoms with Crippen LogP contribution in [0.3, 0.4) is 0 Å². The maximum Gasteiger partial charge on any atom is 0.336 e. The van der Waals surface area contributed by atoms with Crippen LogP contribution in [0.4, 0.5) is 5.69 Å². The summed E-state index contributed by atoms with van der Waals surface area (Å²) < 4.78 is 11.6. The molecule has 7 heteroatoms. The van der Waals surface area contributed by atoms with Crippen molar-refractivity contribution in [2.24, 2.45) is 0 Å². The molecular formula is C17H12BrNO5. The van der Waals surface area contributed by atoms with Gasteiger partial charge in [0.15, 0.2) is 5.75 Å². The van der Waals surface area contributed by atoms with Gasteiger partial charge in [0.1, 0.15) is 12.2 Å². The number of benzene rings is 2. The van der Waals surface area contributed by atoms with Crippen molar-refractivity contribution in [1.82, 2.24) is 0 Å². The summed E-state index contributed by atoms with van der Waals surface area (Å²) >= 11 is 3.32. The van der Waals surface area contributed by atoms with E-state index in [1.165, 1.54) is 12.1 Å². The van der Waals surface area contributed by atoms with Gasteiger partial charge in [-0.1, -0.05) is 22.0 Å². The number of hydrogen-bond acceptors (Lipinski definition) is 5. The number of nitro benzene ring substituents is 1. The van der Waals surface area contributed by atoms with Crippen LogP contribution < -0.4 is 10.4 Å². The Kier molecular flexibility index (Phi) is 4.35. The van der Waals surface area contributed by atoms with Crippen LogP contribution in [0.15, 0.2) is 56.1 Å². The van der Waals surface area contributed by atoms with E-state index in [-0.39, 0.29) is 18.0 Å². The Morgan fingerprint density at radius 2 is 2.00 bits per heavy atom. The molecule has 0 aliphatic carbocycles. The highest BCUT2D eigenvalue weighted by molar-refractivity contribution is 9.10. The molecule has 0 spiro atoms. The number of aryl methyl sites for hydroxylation is 1. The molecule has 0 atom stereocenters. The maximum absolute atomic E-state index is 11.7. The molecule has 0 N–H and O–H groups in total. The molecule has 0 bridgehead atoms. The summed E-state index contributed by atoms with van der Waals surface area (Å²) in [5.74, 6) is 0.165. The molecule has 0 unspecified atom stereocenters. The van der Waals surface area contributed by atoms with Gasteiger partial charge in [0.2, 0.25) is 0 Å². The third kappa shape index (κ3) is 3.30. The third-order valence-corrected chi connectivity index (χ3v) is 3.98. The molecule has 0 amide bonds. The summed E-state index contributed by atoms with van der Waals surface area (Å²) in [5.41, 5.74) is 1.25. The lowest BCUT2D eigenvalue weighted by Gasteiger charge is -2.09. The summed E-state index contributed by atoms with van der Waals surface area (Å²) in [5, 5.41) is 11.8. The van der Waals surface area contributed by atoms with Crippen molar-refractivity contribution >= 4 is 32.6 Å². The normalized spacial score (nSPS) is 10.8. The highest BCUT2D eigenvalue weighted by Gasteiger charge is 2.16. The van der Waals surface area contributed by atoms with Gasteiger partial charge in [-0.05, 0) is 36.8 Å². The van der Waals surface area contributed by atoms with Crippen LogP contribution >= 0.6 is 15.9 Å². The average Bonchev–Trinajstić information content (AvgIpc) is 2.51. The minimum atomic E-state index is -0.502. The van der Waals surface area contributed by atoms with Gasteiger partial charge in [0.25, 0.3) is 0 Å². The summed E-state index contributed by atoms with van der Waals surface area (Å²) in [6.07, 6.45) is 0. The van der Waals surface area contributed by atoms with E-state index >= 15 is 0 Å². The molecule has 2 aromatic carbocycles. The molecule has 0 radical (unpaired) electrons. The van der Waals surface area contributed by atoms with Crippen molar-refractivity contribution < 1.29 is 14.1 Å². The smallest absolute Gasteiger partial charge is 0.336 e. The van der Waals surface area contributed by atoms with Crippen LogP contribution in [0, 0.1) is 17.0 Å². The molecule has 3 aromatic rings. The van der Waals surface area contributed by atoms with E-state index in [1.807, 2.05) is 13.0 Å². The monoisotopic (exact) mass is 389 g/mol. The molecule has 0 aliphatic rings. The van der Waals surface area contributed by atoms with Crippen LogP contribution in [-0.2, 0) is 6.61 Å². The second kappa shape index (κ2) is 6.45. The van der Waals surface area contributed by atoms with E-state index in [1.54, 1.807) is 24.3 Å². The SMILES string of the molecule is Cc1ccc([N+](=O)[O-])c(OCc2cc(=O)oc3cc(Br)ccc23)c1. The van der Waals surface area contributed by atoms with Crippen molar-refractivity contribution in [3.05, 3.63) is 78.6 Å². The fraction of sp³-hybridized carbons (Fsp3) is 0.118. The standard InChI is InChI=1S/C17H12BrNO5/c1-10-2-5-14(19(21)22)16(6-10)23-9-11-7-17(20)24-15-8-12(18)3-4-13(11)15/h2-8H,9H2,1H3. The van der Waals surface area contributed by atoms with Crippen LogP contribution in [-0.4, -0.2) is 4.92 Å². The zero-order chi connectivity index (χ0) is 17.3. The first-order chi connectivity index (χ1) is 11.4. The molecule has 0 fully saturated rings. The second-order valence-electron chi connectivity index (χ2n) is 5.25. The average molecular weight is 390 g/mol. The molecule has 0 saturated heterocycles. The van der Waals surface area contributed by atoms with Crippen LogP contribution in [0.2, 0.25) is 0 Å². The quantitative estimate of drug-likeness (QED) is 0.376. The number of rotatable bonds is 4. The largest absolute Gasteiger partial charge is 0.482 e. The summed E-state index contributed by atoms with van der Waals surface area (Å²) in [4.78, 5) is 22.3. The van der Waals surface area contributed by atoms with E-state index in [2.05, 4.69) is 15.9 Å².